The fraction of sp³-hybridized carbons (Fsp3) is 0.364. The molecule has 0 aliphatic heterocycles. The molecule has 1 atom stereocenters. The third kappa shape index (κ3) is 2.82. The maximum atomic E-state index is 11.5. The van der Waals surface area contributed by atoms with Gasteiger partial charge in [0.1, 0.15) is 11.0 Å². The number of nitrogens with zero attached hydrogens (tertiary/aromatic N) is 1. The predicted octanol–water partition coefficient (Wildman–Crippen LogP) is 1.69. The SMILES string of the molecule is CC[C@@H](/C(=N\O)c1ccccc1)S(C)(=O)=O. The zero-order chi connectivity index (χ0) is 12.2. The molecule has 1 N–H and O–H groups in total. The molecule has 0 saturated heterocycles. The Morgan fingerprint density at radius 2 is 1.94 bits per heavy atom. The summed E-state index contributed by atoms with van der Waals surface area (Å²) < 4.78 is 23.1. The smallest absolute Gasteiger partial charge is 0.156 e. The summed E-state index contributed by atoms with van der Waals surface area (Å²) in [6.07, 6.45) is 1.53. The molecule has 0 amide bonds. The molecule has 88 valence electrons. The molecule has 0 aliphatic carbocycles. The second kappa shape index (κ2) is 5.12. The van der Waals surface area contributed by atoms with Gasteiger partial charge < -0.3 is 5.21 Å². The predicted molar refractivity (Wildman–Crippen MR) is 63.7 cm³/mol. The van der Waals surface area contributed by atoms with E-state index in [1.165, 1.54) is 0 Å². The Labute approximate surface area is 95.5 Å². The minimum atomic E-state index is -3.27. The molecule has 0 spiro atoms. The van der Waals surface area contributed by atoms with E-state index >= 15 is 0 Å². The average molecular weight is 241 g/mol. The molecule has 1 aromatic rings. The maximum Gasteiger partial charge on any atom is 0.156 e. The van der Waals surface area contributed by atoms with Gasteiger partial charge >= 0.3 is 0 Å². The average Bonchev–Trinajstić information content (AvgIpc) is 2.25. The van der Waals surface area contributed by atoms with E-state index < -0.39 is 15.1 Å². The molecule has 1 rings (SSSR count). The number of hydrogen-bond donors (Lipinski definition) is 1. The fourth-order valence-electron chi connectivity index (χ4n) is 1.62. The lowest BCUT2D eigenvalue weighted by molar-refractivity contribution is 0.318. The highest BCUT2D eigenvalue weighted by Crippen LogP contribution is 2.13. The summed E-state index contributed by atoms with van der Waals surface area (Å²) in [5.41, 5.74) is 0.827. The minimum Gasteiger partial charge on any atom is -0.411 e. The zero-order valence-corrected chi connectivity index (χ0v) is 10.1. The van der Waals surface area contributed by atoms with Gasteiger partial charge in [0.25, 0.3) is 0 Å². The normalized spacial score (nSPS) is 14.8. The molecule has 0 unspecified atom stereocenters. The van der Waals surface area contributed by atoms with Gasteiger partial charge in [-0.05, 0) is 6.42 Å². The van der Waals surface area contributed by atoms with Crippen molar-refractivity contribution >= 4 is 15.5 Å². The van der Waals surface area contributed by atoms with Gasteiger partial charge in [0.05, 0.1) is 0 Å². The summed E-state index contributed by atoms with van der Waals surface area (Å²) in [5, 5.41) is 11.3. The lowest BCUT2D eigenvalue weighted by Crippen LogP contribution is -2.29. The van der Waals surface area contributed by atoms with Crippen molar-refractivity contribution in [3.63, 3.8) is 0 Å². The van der Waals surface area contributed by atoms with E-state index in [1.807, 2.05) is 6.07 Å². The molecule has 0 fully saturated rings. The second-order valence-electron chi connectivity index (χ2n) is 3.58. The zero-order valence-electron chi connectivity index (χ0n) is 9.29. The Morgan fingerprint density at radius 1 is 1.38 bits per heavy atom. The third-order valence-electron chi connectivity index (χ3n) is 2.37. The van der Waals surface area contributed by atoms with Gasteiger partial charge in [0.2, 0.25) is 0 Å². The molecule has 0 bridgehead atoms. The minimum absolute atomic E-state index is 0.200. The molecule has 1 aromatic carbocycles. The summed E-state index contributed by atoms with van der Waals surface area (Å²) in [7, 11) is -3.27. The molecule has 16 heavy (non-hydrogen) atoms. The van der Waals surface area contributed by atoms with Crippen LogP contribution in [0.4, 0.5) is 0 Å². The standard InChI is InChI=1S/C11H15NO3S/c1-3-10(16(2,14)15)11(12-13)9-7-5-4-6-8-9/h4-8,10,13H,3H2,1-2H3/b12-11-/t10-/m0/s1. The van der Waals surface area contributed by atoms with Crippen molar-refractivity contribution in [2.75, 3.05) is 6.26 Å². The van der Waals surface area contributed by atoms with Crippen molar-refractivity contribution in [3.05, 3.63) is 35.9 Å². The van der Waals surface area contributed by atoms with E-state index in [0.717, 1.165) is 6.26 Å². The van der Waals surface area contributed by atoms with Crippen LogP contribution in [0.2, 0.25) is 0 Å². The number of rotatable bonds is 4. The van der Waals surface area contributed by atoms with Gasteiger partial charge in [-0.3, -0.25) is 0 Å². The summed E-state index contributed by atoms with van der Waals surface area (Å²) >= 11 is 0. The van der Waals surface area contributed by atoms with Gasteiger partial charge in [0, 0.05) is 11.8 Å². The summed E-state index contributed by atoms with van der Waals surface area (Å²) in [6.45, 7) is 1.75. The van der Waals surface area contributed by atoms with Crippen LogP contribution in [0.25, 0.3) is 0 Å². The van der Waals surface area contributed by atoms with E-state index in [9.17, 15) is 8.42 Å². The van der Waals surface area contributed by atoms with Crippen molar-refractivity contribution < 1.29 is 13.6 Å². The molecule has 0 heterocycles. The van der Waals surface area contributed by atoms with Crippen LogP contribution in [0, 0.1) is 0 Å². The van der Waals surface area contributed by atoms with Crippen LogP contribution in [0.15, 0.2) is 35.5 Å². The molecule has 0 aliphatic rings. The van der Waals surface area contributed by atoms with E-state index in [0.29, 0.717) is 12.0 Å². The van der Waals surface area contributed by atoms with Gasteiger partial charge in [-0.25, -0.2) is 8.42 Å². The molecular weight excluding hydrogens is 226 g/mol. The molecule has 0 aromatic heterocycles. The highest BCUT2D eigenvalue weighted by molar-refractivity contribution is 7.92. The summed E-state index contributed by atoms with van der Waals surface area (Å²) in [4.78, 5) is 0. The first-order valence-electron chi connectivity index (χ1n) is 4.97. The second-order valence-corrected chi connectivity index (χ2v) is 5.81. The van der Waals surface area contributed by atoms with Gasteiger partial charge in [-0.1, -0.05) is 42.4 Å². The highest BCUT2D eigenvalue weighted by atomic mass is 32.2. The molecular formula is C11H15NO3S. The van der Waals surface area contributed by atoms with Crippen molar-refractivity contribution in [1.29, 1.82) is 0 Å². The van der Waals surface area contributed by atoms with Crippen LogP contribution >= 0.6 is 0 Å². The van der Waals surface area contributed by atoms with Gasteiger partial charge in [-0.15, -0.1) is 0 Å². The first-order chi connectivity index (χ1) is 7.50. The molecule has 4 nitrogen and oxygen atoms in total. The summed E-state index contributed by atoms with van der Waals surface area (Å²) in [5.74, 6) is 0. The van der Waals surface area contributed by atoms with Crippen LogP contribution in [0.1, 0.15) is 18.9 Å². The van der Waals surface area contributed by atoms with Crippen molar-refractivity contribution in [2.24, 2.45) is 5.16 Å². The highest BCUT2D eigenvalue weighted by Gasteiger charge is 2.26. The van der Waals surface area contributed by atoms with Gasteiger partial charge in [-0.2, -0.15) is 0 Å². The number of hydrogen-bond acceptors (Lipinski definition) is 4. The van der Waals surface area contributed by atoms with Crippen LogP contribution < -0.4 is 0 Å². The fourth-order valence-corrected chi connectivity index (χ4v) is 2.81. The topological polar surface area (TPSA) is 66.7 Å². The quantitative estimate of drug-likeness (QED) is 0.495. The number of oxime groups is 1. The first-order valence-corrected chi connectivity index (χ1v) is 6.92. The van der Waals surface area contributed by atoms with E-state index in [1.54, 1.807) is 31.2 Å². The Morgan fingerprint density at radius 3 is 2.31 bits per heavy atom. The first kappa shape index (κ1) is 12.7. The molecule has 0 saturated carbocycles. The lowest BCUT2D eigenvalue weighted by atomic mass is 10.1. The largest absolute Gasteiger partial charge is 0.411 e. The summed E-state index contributed by atoms with van der Waals surface area (Å²) in [6, 6.07) is 8.82. The monoisotopic (exact) mass is 241 g/mol. The molecule has 5 heteroatoms. The Bertz CT molecular complexity index is 465. The molecule has 0 radical (unpaired) electrons. The van der Waals surface area contributed by atoms with Crippen LogP contribution in [0.3, 0.4) is 0 Å². The maximum absolute atomic E-state index is 11.5. The van der Waals surface area contributed by atoms with Crippen molar-refractivity contribution in [3.8, 4) is 0 Å². The lowest BCUT2D eigenvalue weighted by Gasteiger charge is -2.14. The van der Waals surface area contributed by atoms with Crippen LogP contribution in [0.5, 0.6) is 0 Å². The van der Waals surface area contributed by atoms with Gasteiger partial charge in [0.15, 0.2) is 9.84 Å². The third-order valence-corrected chi connectivity index (χ3v) is 3.96. The number of sulfone groups is 1. The Hall–Kier alpha value is -1.36. The van der Waals surface area contributed by atoms with E-state index in [4.69, 9.17) is 5.21 Å². The van der Waals surface area contributed by atoms with E-state index in [2.05, 4.69) is 5.16 Å². The number of benzene rings is 1. The van der Waals surface area contributed by atoms with Crippen molar-refractivity contribution in [2.45, 2.75) is 18.6 Å². The van der Waals surface area contributed by atoms with Crippen molar-refractivity contribution in [1.82, 2.24) is 0 Å². The van der Waals surface area contributed by atoms with Crippen LogP contribution in [-0.2, 0) is 9.84 Å². The Balaban J connectivity index is 3.19. The Kier molecular flexibility index (Phi) is 4.06. The van der Waals surface area contributed by atoms with Crippen LogP contribution in [-0.4, -0.2) is 30.8 Å². The van der Waals surface area contributed by atoms with E-state index in [-0.39, 0.29) is 5.71 Å².